The molecular formula is C20H25N3OS. The van der Waals surface area contributed by atoms with Crippen molar-refractivity contribution in [2.24, 2.45) is 0 Å². The number of rotatable bonds is 5. The van der Waals surface area contributed by atoms with Gasteiger partial charge in [0.15, 0.2) is 5.16 Å². The first-order valence-corrected chi connectivity index (χ1v) is 10.1. The fraction of sp³-hybridized carbons (Fsp3) is 0.450. The molecule has 0 atom stereocenters. The molecule has 1 aromatic carbocycles. The van der Waals surface area contributed by atoms with Gasteiger partial charge in [0.2, 0.25) is 5.91 Å². The van der Waals surface area contributed by atoms with E-state index >= 15 is 0 Å². The molecule has 0 unspecified atom stereocenters. The number of nitrogens with one attached hydrogen (secondary N) is 1. The van der Waals surface area contributed by atoms with Crippen molar-refractivity contribution in [2.45, 2.75) is 57.5 Å². The molecule has 0 saturated heterocycles. The van der Waals surface area contributed by atoms with E-state index in [-0.39, 0.29) is 5.91 Å². The van der Waals surface area contributed by atoms with E-state index in [9.17, 15) is 4.79 Å². The number of amides is 1. The first-order chi connectivity index (χ1) is 12.1. The minimum atomic E-state index is 0.0618. The Morgan fingerprint density at radius 3 is 2.60 bits per heavy atom. The predicted octanol–water partition coefficient (Wildman–Crippen LogP) is 4.27. The van der Waals surface area contributed by atoms with Crippen LogP contribution in [0.3, 0.4) is 0 Å². The van der Waals surface area contributed by atoms with Crippen molar-refractivity contribution in [2.75, 3.05) is 11.6 Å². The molecule has 0 bridgehead atoms. The molecule has 4 nitrogen and oxygen atoms in total. The number of benzene rings is 1. The van der Waals surface area contributed by atoms with Crippen molar-refractivity contribution >= 4 is 23.4 Å². The SMILES string of the molecule is CSc1nc(C)c(CCC(=O)Nc2cccc3c2CCCC3)c(C)n1. The van der Waals surface area contributed by atoms with Gasteiger partial charge < -0.3 is 5.32 Å². The van der Waals surface area contributed by atoms with E-state index in [0.717, 1.165) is 40.6 Å². The summed E-state index contributed by atoms with van der Waals surface area (Å²) in [5, 5.41) is 3.91. The van der Waals surface area contributed by atoms with Gasteiger partial charge in [-0.05, 0) is 75.0 Å². The Morgan fingerprint density at radius 2 is 1.88 bits per heavy atom. The zero-order chi connectivity index (χ0) is 17.8. The lowest BCUT2D eigenvalue weighted by Gasteiger charge is -2.19. The number of aromatic nitrogens is 2. The van der Waals surface area contributed by atoms with Gasteiger partial charge in [-0.1, -0.05) is 23.9 Å². The van der Waals surface area contributed by atoms with Gasteiger partial charge in [-0.2, -0.15) is 0 Å². The molecule has 1 amide bonds. The number of thioether (sulfide) groups is 1. The van der Waals surface area contributed by atoms with E-state index < -0.39 is 0 Å². The van der Waals surface area contributed by atoms with Crippen molar-refractivity contribution in [3.05, 3.63) is 46.3 Å². The molecule has 0 fully saturated rings. The topological polar surface area (TPSA) is 54.9 Å². The Balaban J connectivity index is 1.66. The lowest BCUT2D eigenvalue weighted by atomic mass is 9.90. The quantitative estimate of drug-likeness (QED) is 0.643. The number of carbonyl (C=O) groups excluding carboxylic acids is 1. The fourth-order valence-electron chi connectivity index (χ4n) is 3.51. The number of nitrogens with zero attached hydrogens (tertiary/aromatic N) is 2. The van der Waals surface area contributed by atoms with Crippen LogP contribution in [-0.2, 0) is 24.1 Å². The van der Waals surface area contributed by atoms with Crippen LogP contribution in [0.15, 0.2) is 23.4 Å². The third-order valence-corrected chi connectivity index (χ3v) is 5.40. The highest BCUT2D eigenvalue weighted by atomic mass is 32.2. The number of hydrogen-bond acceptors (Lipinski definition) is 4. The molecule has 1 N–H and O–H groups in total. The molecule has 132 valence electrons. The van der Waals surface area contributed by atoms with Crippen molar-refractivity contribution in [3.63, 3.8) is 0 Å². The molecule has 25 heavy (non-hydrogen) atoms. The third kappa shape index (κ3) is 4.21. The average Bonchev–Trinajstić information content (AvgIpc) is 2.61. The Bertz CT molecular complexity index is 766. The summed E-state index contributed by atoms with van der Waals surface area (Å²) in [7, 11) is 0. The Hall–Kier alpha value is -1.88. The van der Waals surface area contributed by atoms with E-state index in [2.05, 4.69) is 21.4 Å². The van der Waals surface area contributed by atoms with Crippen molar-refractivity contribution in [1.29, 1.82) is 0 Å². The third-order valence-electron chi connectivity index (χ3n) is 4.85. The molecule has 1 heterocycles. The molecular weight excluding hydrogens is 330 g/mol. The molecule has 1 aliphatic rings. The van der Waals surface area contributed by atoms with E-state index in [0.29, 0.717) is 12.8 Å². The number of hydrogen-bond donors (Lipinski definition) is 1. The largest absolute Gasteiger partial charge is 0.326 e. The second-order valence-corrected chi connectivity index (χ2v) is 7.33. The second-order valence-electron chi connectivity index (χ2n) is 6.56. The highest BCUT2D eigenvalue weighted by molar-refractivity contribution is 7.98. The van der Waals surface area contributed by atoms with Crippen LogP contribution in [-0.4, -0.2) is 22.1 Å². The molecule has 2 aromatic rings. The Kier molecular flexibility index (Phi) is 5.74. The number of fused-ring (bicyclic) bond motifs is 1. The average molecular weight is 356 g/mol. The van der Waals surface area contributed by atoms with Crippen molar-refractivity contribution in [3.8, 4) is 0 Å². The minimum Gasteiger partial charge on any atom is -0.326 e. The zero-order valence-electron chi connectivity index (χ0n) is 15.2. The van der Waals surface area contributed by atoms with Crippen molar-refractivity contribution in [1.82, 2.24) is 9.97 Å². The van der Waals surface area contributed by atoms with Gasteiger partial charge in [0.05, 0.1) is 0 Å². The summed E-state index contributed by atoms with van der Waals surface area (Å²) in [5.41, 5.74) is 6.73. The molecule has 0 aliphatic heterocycles. The van der Waals surface area contributed by atoms with E-state index in [1.54, 1.807) is 11.8 Å². The first-order valence-electron chi connectivity index (χ1n) is 8.87. The molecule has 1 aromatic heterocycles. The summed E-state index contributed by atoms with van der Waals surface area (Å²) >= 11 is 1.54. The van der Waals surface area contributed by atoms with Gasteiger partial charge in [-0.15, -0.1) is 0 Å². The van der Waals surface area contributed by atoms with Crippen LogP contribution >= 0.6 is 11.8 Å². The Morgan fingerprint density at radius 1 is 1.16 bits per heavy atom. The standard InChI is InChI=1S/C20H25N3OS/c1-13-16(14(2)22-20(21-13)25-3)11-12-19(24)23-18-10-6-8-15-7-4-5-9-17(15)18/h6,8,10H,4-5,7,9,11-12H2,1-3H3,(H,23,24). The normalized spacial score (nSPS) is 13.4. The molecule has 1 aliphatic carbocycles. The van der Waals surface area contributed by atoms with Crippen LogP contribution in [0.25, 0.3) is 0 Å². The summed E-state index contributed by atoms with van der Waals surface area (Å²) in [6, 6.07) is 6.25. The number of anilines is 1. The van der Waals surface area contributed by atoms with Crippen LogP contribution in [0.5, 0.6) is 0 Å². The summed E-state index contributed by atoms with van der Waals surface area (Å²) in [5.74, 6) is 0.0618. The minimum absolute atomic E-state index is 0.0618. The maximum atomic E-state index is 12.5. The van der Waals surface area contributed by atoms with E-state index in [1.165, 1.54) is 24.0 Å². The van der Waals surface area contributed by atoms with Gasteiger partial charge in [-0.3, -0.25) is 4.79 Å². The summed E-state index contributed by atoms with van der Waals surface area (Å²) in [4.78, 5) is 21.4. The van der Waals surface area contributed by atoms with Crippen LogP contribution in [0, 0.1) is 13.8 Å². The predicted molar refractivity (Wildman–Crippen MR) is 103 cm³/mol. The molecule has 0 radical (unpaired) electrons. The lowest BCUT2D eigenvalue weighted by Crippen LogP contribution is -2.16. The van der Waals surface area contributed by atoms with Gasteiger partial charge in [-0.25, -0.2) is 9.97 Å². The summed E-state index contributed by atoms with van der Waals surface area (Å²) in [6.07, 6.45) is 7.74. The highest BCUT2D eigenvalue weighted by Crippen LogP contribution is 2.28. The smallest absolute Gasteiger partial charge is 0.224 e. The van der Waals surface area contributed by atoms with Gasteiger partial charge in [0, 0.05) is 23.5 Å². The first kappa shape index (κ1) is 17.9. The van der Waals surface area contributed by atoms with Crippen LogP contribution in [0.1, 0.15) is 47.3 Å². The van der Waals surface area contributed by atoms with Gasteiger partial charge in [0.1, 0.15) is 0 Å². The summed E-state index contributed by atoms with van der Waals surface area (Å²) in [6.45, 7) is 3.99. The Labute approximate surface area is 153 Å². The molecule has 0 saturated carbocycles. The van der Waals surface area contributed by atoms with Crippen molar-refractivity contribution < 1.29 is 4.79 Å². The number of aryl methyl sites for hydroxylation is 3. The molecule has 5 heteroatoms. The van der Waals surface area contributed by atoms with E-state index in [1.807, 2.05) is 32.2 Å². The second kappa shape index (κ2) is 8.00. The maximum absolute atomic E-state index is 12.5. The molecule has 0 spiro atoms. The van der Waals surface area contributed by atoms with Gasteiger partial charge in [0.25, 0.3) is 0 Å². The summed E-state index contributed by atoms with van der Waals surface area (Å²) < 4.78 is 0. The van der Waals surface area contributed by atoms with Crippen LogP contribution in [0.4, 0.5) is 5.69 Å². The molecule has 3 rings (SSSR count). The number of carbonyl (C=O) groups is 1. The fourth-order valence-corrected chi connectivity index (χ4v) is 3.97. The highest BCUT2D eigenvalue weighted by Gasteiger charge is 2.15. The van der Waals surface area contributed by atoms with E-state index in [4.69, 9.17) is 0 Å². The maximum Gasteiger partial charge on any atom is 0.224 e. The van der Waals surface area contributed by atoms with Crippen LogP contribution < -0.4 is 5.32 Å². The van der Waals surface area contributed by atoms with Crippen LogP contribution in [0.2, 0.25) is 0 Å². The monoisotopic (exact) mass is 355 g/mol. The van der Waals surface area contributed by atoms with Gasteiger partial charge >= 0.3 is 0 Å². The zero-order valence-corrected chi connectivity index (χ0v) is 16.0. The lowest BCUT2D eigenvalue weighted by molar-refractivity contribution is -0.116.